The number of nitrogens with one attached hydrogen (secondary N) is 3. The van der Waals surface area contributed by atoms with Gasteiger partial charge < -0.3 is 15.4 Å². The van der Waals surface area contributed by atoms with Gasteiger partial charge in [-0.15, -0.1) is 0 Å². The van der Waals surface area contributed by atoms with E-state index in [1.54, 1.807) is 32.0 Å². The molecule has 1 aliphatic rings. The van der Waals surface area contributed by atoms with E-state index in [1.165, 1.54) is 5.56 Å². The van der Waals surface area contributed by atoms with Crippen molar-refractivity contribution < 1.29 is 19.1 Å². The molecule has 0 radical (unpaired) electrons. The Kier molecular flexibility index (Phi) is 9.48. The maximum absolute atomic E-state index is 13.2. The van der Waals surface area contributed by atoms with Gasteiger partial charge >= 0.3 is 0 Å². The molecule has 3 amide bonds. The van der Waals surface area contributed by atoms with Gasteiger partial charge in [0.2, 0.25) is 17.7 Å². The molecule has 1 aliphatic heterocycles. The summed E-state index contributed by atoms with van der Waals surface area (Å²) < 4.78 is 5.91. The fourth-order valence-electron chi connectivity index (χ4n) is 4.14. The molecule has 2 atom stereocenters. The van der Waals surface area contributed by atoms with E-state index in [4.69, 9.17) is 4.74 Å². The summed E-state index contributed by atoms with van der Waals surface area (Å²) in [5.41, 5.74) is 3.37. The van der Waals surface area contributed by atoms with Crippen LogP contribution in [0.5, 0.6) is 5.88 Å². The molecule has 3 N–H and O–H groups in total. The molecule has 9 nitrogen and oxygen atoms in total. The molecular weight excluding hydrogens is 470 g/mol. The number of benzene rings is 1. The molecule has 1 aromatic heterocycles. The van der Waals surface area contributed by atoms with Crippen molar-refractivity contribution >= 4 is 28.5 Å². The zero-order valence-electron chi connectivity index (χ0n) is 22.9. The number of fused-ring (bicyclic) bond motifs is 1. The molecule has 2 aromatic rings. The molecule has 37 heavy (non-hydrogen) atoms. The topological polar surface area (TPSA) is 113 Å². The molecule has 2 unspecified atom stereocenters. The van der Waals surface area contributed by atoms with Crippen molar-refractivity contribution in [2.45, 2.75) is 72.9 Å². The average Bonchev–Trinajstić information content (AvgIpc) is 2.89. The number of carbonyl (C=O) groups is 3. The van der Waals surface area contributed by atoms with Crippen molar-refractivity contribution in [3.05, 3.63) is 36.0 Å². The highest BCUT2D eigenvalue weighted by Crippen LogP contribution is 2.23. The Morgan fingerprint density at radius 2 is 1.86 bits per heavy atom. The van der Waals surface area contributed by atoms with Crippen LogP contribution >= 0.6 is 0 Å². The van der Waals surface area contributed by atoms with Crippen LogP contribution in [0.4, 0.5) is 0 Å². The second kappa shape index (κ2) is 12.4. The van der Waals surface area contributed by atoms with Crippen LogP contribution in [0.15, 0.2) is 30.5 Å². The highest BCUT2D eigenvalue weighted by atomic mass is 16.5. The standard InChI is InChI=1S/C28H41N5O4/c1-7-20-10-11-21-16-29-23(15-22(21)14-20)37-17-28(5,6)27(36)32-24(18(2)3)25(34)31-19(4)26(35)33-13-9-8-12-30-33/h10-11,14-16,18-19,24,30H,7-9,12-13,17H2,1-6H3,(H,31,34)(H,32,36). The lowest BCUT2D eigenvalue weighted by atomic mass is 9.92. The Labute approximate surface area is 219 Å². The maximum atomic E-state index is 13.2. The third-order valence-electron chi connectivity index (χ3n) is 6.71. The summed E-state index contributed by atoms with van der Waals surface area (Å²) in [6.45, 7) is 12.5. The predicted molar refractivity (Wildman–Crippen MR) is 144 cm³/mol. The fraction of sp³-hybridized carbons (Fsp3) is 0.571. The first-order valence-electron chi connectivity index (χ1n) is 13.2. The molecule has 3 rings (SSSR count). The molecule has 9 heteroatoms. The molecule has 0 spiro atoms. The van der Waals surface area contributed by atoms with Gasteiger partial charge in [0.1, 0.15) is 18.7 Å². The van der Waals surface area contributed by atoms with Gasteiger partial charge in [-0.3, -0.25) is 19.4 Å². The molecule has 1 saturated heterocycles. The Morgan fingerprint density at radius 1 is 1.11 bits per heavy atom. The van der Waals surface area contributed by atoms with Crippen LogP contribution < -0.4 is 20.8 Å². The second-order valence-corrected chi connectivity index (χ2v) is 10.8. The minimum atomic E-state index is -0.922. The van der Waals surface area contributed by atoms with Gasteiger partial charge in [-0.2, -0.15) is 0 Å². The summed E-state index contributed by atoms with van der Waals surface area (Å²) in [5, 5.41) is 9.26. The summed E-state index contributed by atoms with van der Waals surface area (Å²) in [6, 6.07) is 6.61. The first-order valence-corrected chi connectivity index (χ1v) is 13.2. The molecule has 2 heterocycles. The third-order valence-corrected chi connectivity index (χ3v) is 6.71. The summed E-state index contributed by atoms with van der Waals surface area (Å²) in [7, 11) is 0. The number of carbonyl (C=O) groups excluding carboxylic acids is 3. The zero-order chi connectivity index (χ0) is 27.2. The van der Waals surface area contributed by atoms with E-state index in [0.717, 1.165) is 36.6 Å². The van der Waals surface area contributed by atoms with Crippen molar-refractivity contribution in [3.63, 3.8) is 0 Å². The van der Waals surface area contributed by atoms with Gasteiger partial charge in [-0.05, 0) is 56.9 Å². The summed E-state index contributed by atoms with van der Waals surface area (Å²) in [4.78, 5) is 43.3. The van der Waals surface area contributed by atoms with Crippen LogP contribution in [0.2, 0.25) is 0 Å². The number of aromatic nitrogens is 1. The van der Waals surface area contributed by atoms with Crippen molar-refractivity contribution in [3.8, 4) is 5.88 Å². The van der Waals surface area contributed by atoms with Crippen molar-refractivity contribution in [1.29, 1.82) is 0 Å². The zero-order valence-corrected chi connectivity index (χ0v) is 22.9. The second-order valence-electron chi connectivity index (χ2n) is 10.8. The smallest absolute Gasteiger partial charge is 0.258 e. The van der Waals surface area contributed by atoms with Crippen LogP contribution in [0.3, 0.4) is 0 Å². The molecular formula is C28H41N5O4. The summed E-state index contributed by atoms with van der Waals surface area (Å²) in [6.07, 6.45) is 4.64. The van der Waals surface area contributed by atoms with E-state index in [1.807, 2.05) is 26.0 Å². The Balaban J connectivity index is 1.60. The number of ether oxygens (including phenoxy) is 1. The van der Waals surface area contributed by atoms with E-state index >= 15 is 0 Å². The predicted octanol–water partition coefficient (Wildman–Crippen LogP) is 2.97. The number of hydrogen-bond donors (Lipinski definition) is 3. The number of amides is 3. The molecule has 0 aliphatic carbocycles. The minimum Gasteiger partial charge on any atom is -0.477 e. The highest BCUT2D eigenvalue weighted by molar-refractivity contribution is 5.93. The molecule has 0 bridgehead atoms. The number of hydrogen-bond acceptors (Lipinski definition) is 6. The summed E-state index contributed by atoms with van der Waals surface area (Å²) >= 11 is 0. The van der Waals surface area contributed by atoms with Crippen molar-refractivity contribution in [1.82, 2.24) is 26.1 Å². The number of aryl methyl sites for hydroxylation is 1. The van der Waals surface area contributed by atoms with Gasteiger partial charge in [0.15, 0.2) is 0 Å². The van der Waals surface area contributed by atoms with Crippen LogP contribution in [0, 0.1) is 11.3 Å². The van der Waals surface area contributed by atoms with E-state index in [2.05, 4.69) is 40.1 Å². The normalized spacial score (nSPS) is 15.8. The van der Waals surface area contributed by atoms with Gasteiger partial charge in [-0.1, -0.05) is 39.0 Å². The lowest BCUT2D eigenvalue weighted by Crippen LogP contribution is -2.59. The number of hydrazine groups is 1. The monoisotopic (exact) mass is 511 g/mol. The maximum Gasteiger partial charge on any atom is 0.258 e. The first kappa shape index (κ1) is 28.4. The SMILES string of the molecule is CCc1ccc2cnc(OCC(C)(C)C(=O)NC(C(=O)NC(C)C(=O)N3CCCCN3)C(C)C)cc2c1. The molecule has 1 fully saturated rings. The Morgan fingerprint density at radius 3 is 2.51 bits per heavy atom. The Hall–Kier alpha value is -3.20. The average molecular weight is 512 g/mol. The summed E-state index contributed by atoms with van der Waals surface area (Å²) in [5.74, 6) is -0.623. The number of pyridine rings is 1. The van der Waals surface area contributed by atoms with E-state index in [-0.39, 0.29) is 30.2 Å². The van der Waals surface area contributed by atoms with Crippen LogP contribution in [-0.4, -0.2) is 59.5 Å². The first-order chi connectivity index (χ1) is 17.5. The lowest BCUT2D eigenvalue weighted by molar-refractivity contribution is -0.141. The number of rotatable bonds is 10. The third kappa shape index (κ3) is 7.41. The molecule has 0 saturated carbocycles. The number of nitrogens with zero attached hydrogens (tertiary/aromatic N) is 2. The van der Waals surface area contributed by atoms with Crippen molar-refractivity contribution in [2.24, 2.45) is 11.3 Å². The van der Waals surface area contributed by atoms with Crippen LogP contribution in [0.1, 0.15) is 59.9 Å². The van der Waals surface area contributed by atoms with E-state index in [9.17, 15) is 14.4 Å². The van der Waals surface area contributed by atoms with Crippen LogP contribution in [-0.2, 0) is 20.8 Å². The lowest BCUT2D eigenvalue weighted by Gasteiger charge is -2.32. The Bertz CT molecular complexity index is 1110. The molecule has 1 aromatic carbocycles. The fourth-order valence-corrected chi connectivity index (χ4v) is 4.14. The van der Waals surface area contributed by atoms with E-state index in [0.29, 0.717) is 12.4 Å². The largest absolute Gasteiger partial charge is 0.477 e. The highest BCUT2D eigenvalue weighted by Gasteiger charge is 2.35. The van der Waals surface area contributed by atoms with Crippen molar-refractivity contribution in [2.75, 3.05) is 19.7 Å². The molecule has 202 valence electrons. The van der Waals surface area contributed by atoms with Gasteiger partial charge in [0, 0.05) is 30.7 Å². The van der Waals surface area contributed by atoms with E-state index < -0.39 is 17.5 Å². The van der Waals surface area contributed by atoms with Gasteiger partial charge in [-0.25, -0.2) is 10.4 Å². The van der Waals surface area contributed by atoms with Gasteiger partial charge in [0.05, 0.1) is 5.41 Å². The van der Waals surface area contributed by atoms with Crippen LogP contribution in [0.25, 0.3) is 10.8 Å². The van der Waals surface area contributed by atoms with Gasteiger partial charge in [0.25, 0.3) is 5.91 Å². The quantitative estimate of drug-likeness (QED) is 0.452. The minimum absolute atomic E-state index is 0.0900.